The molecule has 2 fully saturated rings. The number of anilines is 2. The first kappa shape index (κ1) is 33.5. The van der Waals surface area contributed by atoms with Gasteiger partial charge in [-0.05, 0) is 57.9 Å². The van der Waals surface area contributed by atoms with E-state index in [1.807, 2.05) is 16.7 Å². The topological polar surface area (TPSA) is 124 Å². The van der Waals surface area contributed by atoms with Crippen LogP contribution in [0, 0.1) is 0 Å². The zero-order chi connectivity index (χ0) is 33.0. The molecule has 4 heterocycles. The summed E-state index contributed by atoms with van der Waals surface area (Å²) in [5.74, 6) is -1.08. The third kappa shape index (κ3) is 7.76. The summed E-state index contributed by atoms with van der Waals surface area (Å²) in [5, 5.41) is 12.1. The minimum absolute atomic E-state index is 0.00221. The van der Waals surface area contributed by atoms with Crippen LogP contribution in [0.1, 0.15) is 61.0 Å². The van der Waals surface area contributed by atoms with E-state index >= 15 is 0 Å². The molecule has 0 spiro atoms. The Bertz CT molecular complexity index is 1540. The Morgan fingerprint density at radius 2 is 1.96 bits per heavy atom. The number of benzene rings is 1. The number of hydrogen-bond donors (Lipinski definition) is 2. The van der Waals surface area contributed by atoms with Crippen LogP contribution in [0.5, 0.6) is 5.75 Å². The predicted octanol–water partition coefficient (Wildman–Crippen LogP) is 5.24. The average Bonchev–Trinajstić information content (AvgIpc) is 3.63. The first-order valence-corrected chi connectivity index (χ1v) is 16.2. The van der Waals surface area contributed by atoms with Crippen molar-refractivity contribution in [1.82, 2.24) is 24.8 Å². The Morgan fingerprint density at radius 1 is 1.15 bits per heavy atom. The molecule has 15 heteroatoms. The number of ether oxygens (including phenoxy) is 1. The number of carbonyl (C=O) groups is 2. The van der Waals surface area contributed by atoms with Gasteiger partial charge in [0.25, 0.3) is 5.91 Å². The maximum Gasteiger partial charge on any atom is 0.419 e. The van der Waals surface area contributed by atoms with Gasteiger partial charge in [0, 0.05) is 48.7 Å². The molecule has 2 saturated heterocycles. The molecule has 3 aromatic rings. The number of rotatable bonds is 11. The number of carboxylic acid groups (broad SMARTS) is 1. The van der Waals surface area contributed by atoms with Crippen molar-refractivity contribution in [2.45, 2.75) is 64.8 Å². The van der Waals surface area contributed by atoms with E-state index < -0.39 is 23.6 Å². The van der Waals surface area contributed by atoms with E-state index in [1.165, 1.54) is 29.8 Å². The Morgan fingerprint density at radius 3 is 2.61 bits per heavy atom. The summed E-state index contributed by atoms with van der Waals surface area (Å²) in [5.41, 5.74) is -0.147. The monoisotopic (exact) mass is 661 g/mol. The number of amides is 1. The minimum Gasteiger partial charge on any atom is -0.493 e. The average molecular weight is 662 g/mol. The van der Waals surface area contributed by atoms with E-state index in [-0.39, 0.29) is 41.3 Å². The molecular weight excluding hydrogens is 623 g/mol. The van der Waals surface area contributed by atoms with Gasteiger partial charge in [-0.1, -0.05) is 18.3 Å². The number of thiazole rings is 1. The van der Waals surface area contributed by atoms with Crippen molar-refractivity contribution in [3.63, 3.8) is 0 Å². The fraction of sp³-hybridized carbons (Fsp3) is 0.516. The zero-order valence-electron chi connectivity index (χ0n) is 26.0. The summed E-state index contributed by atoms with van der Waals surface area (Å²) in [6.07, 6.45) is 1.32. The van der Waals surface area contributed by atoms with Crippen molar-refractivity contribution in [3.8, 4) is 17.0 Å². The highest BCUT2D eigenvalue weighted by Crippen LogP contribution is 2.41. The van der Waals surface area contributed by atoms with Crippen LogP contribution in [-0.2, 0) is 17.5 Å². The molecule has 0 aliphatic carbocycles. The van der Waals surface area contributed by atoms with Crippen LogP contribution in [0.4, 0.5) is 24.1 Å². The molecule has 46 heavy (non-hydrogen) atoms. The van der Waals surface area contributed by atoms with E-state index in [2.05, 4.69) is 32.1 Å². The fourth-order valence-corrected chi connectivity index (χ4v) is 7.13. The number of aliphatic carboxylic acids is 1. The number of carboxylic acids is 1. The van der Waals surface area contributed by atoms with Crippen LogP contribution < -0.4 is 15.0 Å². The number of hydrogen-bond acceptors (Lipinski definition) is 10. The second-order valence-electron chi connectivity index (χ2n) is 11.5. The number of piperazine rings is 1. The smallest absolute Gasteiger partial charge is 0.419 e. The number of alkyl halides is 3. The van der Waals surface area contributed by atoms with E-state index in [1.54, 1.807) is 13.0 Å². The molecular formula is C31H38F3N7O4S. The highest BCUT2D eigenvalue weighted by atomic mass is 32.1. The normalized spacial score (nSPS) is 19.4. The second-order valence-corrected chi connectivity index (χ2v) is 12.6. The van der Waals surface area contributed by atoms with Crippen LogP contribution in [-0.4, -0.2) is 93.1 Å². The quantitative estimate of drug-likeness (QED) is 0.282. The van der Waals surface area contributed by atoms with Crippen LogP contribution in [0.3, 0.4) is 0 Å². The summed E-state index contributed by atoms with van der Waals surface area (Å²) in [6, 6.07) is 4.31. The van der Waals surface area contributed by atoms with Gasteiger partial charge in [0.05, 0.1) is 36.8 Å². The van der Waals surface area contributed by atoms with Crippen LogP contribution in [0.25, 0.3) is 11.3 Å². The highest BCUT2D eigenvalue weighted by molar-refractivity contribution is 7.16. The highest BCUT2D eigenvalue weighted by Gasteiger charge is 2.35. The van der Waals surface area contributed by atoms with E-state index in [0.717, 1.165) is 36.8 Å². The first-order valence-electron chi connectivity index (χ1n) is 15.4. The zero-order valence-corrected chi connectivity index (χ0v) is 26.8. The standard InChI is InChI=1S/C31H38F3N7O4S/c1-4-21-7-6-10-40(21)17-25-28(20-8-9-24(45-5-2)22(13-20)31(32,33)34)37-30(46-25)38-29(44)23-14-36-26(15-35-23)41-12-11-39(16-19(41)3)18-27(42)43/h8-9,13-15,19,21H,4-7,10-12,16-18H2,1-3H3,(H,42,43)(H,37,38,44)/t19-,21-/m1/s1. The number of halogens is 3. The molecule has 1 amide bonds. The van der Waals surface area contributed by atoms with Crippen LogP contribution >= 0.6 is 11.3 Å². The molecule has 0 unspecified atom stereocenters. The van der Waals surface area contributed by atoms with Crippen molar-refractivity contribution in [3.05, 3.63) is 46.7 Å². The van der Waals surface area contributed by atoms with Gasteiger partial charge >= 0.3 is 12.1 Å². The third-order valence-corrected chi connectivity index (χ3v) is 9.28. The summed E-state index contributed by atoms with van der Waals surface area (Å²) >= 11 is 1.23. The van der Waals surface area contributed by atoms with Crippen molar-refractivity contribution in [2.24, 2.45) is 0 Å². The lowest BCUT2D eigenvalue weighted by Gasteiger charge is -2.39. The van der Waals surface area contributed by atoms with Gasteiger partial charge in [-0.2, -0.15) is 13.2 Å². The number of nitrogens with zero attached hydrogens (tertiary/aromatic N) is 6. The summed E-state index contributed by atoms with van der Waals surface area (Å²) in [7, 11) is 0. The number of aromatic nitrogens is 3. The van der Waals surface area contributed by atoms with E-state index in [4.69, 9.17) is 9.84 Å². The molecule has 2 N–H and O–H groups in total. The van der Waals surface area contributed by atoms with Gasteiger partial charge in [-0.3, -0.25) is 24.7 Å². The van der Waals surface area contributed by atoms with Gasteiger partial charge in [-0.15, -0.1) is 0 Å². The summed E-state index contributed by atoms with van der Waals surface area (Å²) < 4.78 is 47.2. The van der Waals surface area contributed by atoms with E-state index in [0.29, 0.717) is 43.7 Å². The Kier molecular flexibility index (Phi) is 10.4. The van der Waals surface area contributed by atoms with Gasteiger partial charge in [-0.25, -0.2) is 15.0 Å². The number of likely N-dealkylation sites (tertiary alicyclic amines) is 1. The molecule has 2 aliphatic rings. The van der Waals surface area contributed by atoms with E-state index in [9.17, 15) is 22.8 Å². The minimum atomic E-state index is -4.62. The van der Waals surface area contributed by atoms with Gasteiger partial charge in [0.15, 0.2) is 5.13 Å². The molecule has 0 radical (unpaired) electrons. The SMILES string of the molecule is CCOc1ccc(-c2nc(NC(=O)c3cnc(N4CCN(CC(=O)O)C[C@H]4C)cn3)sc2CN2CCC[C@H]2CC)cc1C(F)(F)F. The second kappa shape index (κ2) is 14.3. The van der Waals surface area contributed by atoms with Crippen molar-refractivity contribution < 1.29 is 32.6 Å². The van der Waals surface area contributed by atoms with Gasteiger partial charge < -0.3 is 14.7 Å². The van der Waals surface area contributed by atoms with Gasteiger partial charge in [0.1, 0.15) is 17.3 Å². The van der Waals surface area contributed by atoms with Crippen molar-refractivity contribution >= 4 is 34.2 Å². The molecule has 2 aliphatic heterocycles. The molecule has 2 aromatic heterocycles. The lowest BCUT2D eigenvalue weighted by Crippen LogP contribution is -2.53. The number of carbonyl (C=O) groups excluding carboxylic acids is 1. The van der Waals surface area contributed by atoms with Crippen LogP contribution in [0.2, 0.25) is 0 Å². The Balaban J connectivity index is 1.37. The molecule has 0 saturated carbocycles. The lowest BCUT2D eigenvalue weighted by molar-refractivity contribution is -0.139. The largest absolute Gasteiger partial charge is 0.493 e. The van der Waals surface area contributed by atoms with Gasteiger partial charge in [0.2, 0.25) is 0 Å². The van der Waals surface area contributed by atoms with Crippen LogP contribution in [0.15, 0.2) is 30.6 Å². The first-order chi connectivity index (χ1) is 22.0. The lowest BCUT2D eigenvalue weighted by atomic mass is 10.1. The predicted molar refractivity (Wildman–Crippen MR) is 168 cm³/mol. The summed E-state index contributed by atoms with van der Waals surface area (Å²) in [6.45, 7) is 8.86. The molecule has 0 bridgehead atoms. The molecule has 248 valence electrons. The molecule has 1 aromatic carbocycles. The van der Waals surface area contributed by atoms with Crippen molar-refractivity contribution in [2.75, 3.05) is 49.5 Å². The maximum atomic E-state index is 14.0. The Labute approximate surface area is 269 Å². The fourth-order valence-electron chi connectivity index (χ4n) is 6.12. The maximum absolute atomic E-state index is 14.0. The molecule has 5 rings (SSSR count). The Hall–Kier alpha value is -3.82. The number of nitrogens with one attached hydrogen (secondary N) is 1. The third-order valence-electron chi connectivity index (χ3n) is 8.33. The molecule has 2 atom stereocenters. The van der Waals surface area contributed by atoms with Crippen molar-refractivity contribution in [1.29, 1.82) is 0 Å². The molecule has 11 nitrogen and oxygen atoms in total. The summed E-state index contributed by atoms with van der Waals surface area (Å²) in [4.78, 5) is 44.6.